The molecule has 1 amide bonds. The van der Waals surface area contributed by atoms with Gasteiger partial charge >= 0.3 is 0 Å². The highest BCUT2D eigenvalue weighted by Crippen LogP contribution is 2.24. The maximum atomic E-state index is 13.2. The van der Waals surface area contributed by atoms with Gasteiger partial charge in [-0.15, -0.1) is 0 Å². The molecule has 27 heavy (non-hydrogen) atoms. The molecule has 0 saturated carbocycles. The number of imidazole rings is 1. The highest BCUT2D eigenvalue weighted by Gasteiger charge is 2.21. The van der Waals surface area contributed by atoms with Crippen molar-refractivity contribution in [2.24, 2.45) is 0 Å². The van der Waals surface area contributed by atoms with Gasteiger partial charge in [0.2, 0.25) is 0 Å². The number of H-pyrrole nitrogens is 1. The van der Waals surface area contributed by atoms with Gasteiger partial charge in [-0.3, -0.25) is 4.79 Å². The summed E-state index contributed by atoms with van der Waals surface area (Å²) in [6, 6.07) is 16.1. The molecule has 0 radical (unpaired) electrons. The normalized spacial score (nSPS) is 12.2. The fraction of sp³-hybridized carbons (Fsp3) is 0.273. The molecule has 0 bridgehead atoms. The molecule has 0 spiro atoms. The van der Waals surface area contributed by atoms with Crippen LogP contribution >= 0.6 is 0 Å². The minimum atomic E-state index is -0.303. The topological polar surface area (TPSA) is 57.8 Å². The van der Waals surface area contributed by atoms with Crippen LogP contribution in [0.2, 0.25) is 0 Å². The Labute approximate surface area is 158 Å². The zero-order valence-corrected chi connectivity index (χ0v) is 15.8. The summed E-state index contributed by atoms with van der Waals surface area (Å²) in [5.74, 6) is 0.375. The molecule has 0 fully saturated rings. The van der Waals surface area contributed by atoms with Crippen molar-refractivity contribution in [2.75, 3.05) is 6.54 Å². The quantitative estimate of drug-likeness (QED) is 0.654. The highest BCUT2D eigenvalue weighted by molar-refractivity contribution is 5.94. The summed E-state index contributed by atoms with van der Waals surface area (Å²) in [5.41, 5.74) is 3.09. The molecule has 1 heterocycles. The molecular weight excluding hydrogens is 341 g/mol. The Balaban J connectivity index is 1.78. The molecular formula is C22H24FN3O. The number of nitrogens with zero attached hydrogens (tertiary/aromatic N) is 1. The van der Waals surface area contributed by atoms with Gasteiger partial charge in [-0.2, -0.15) is 0 Å². The summed E-state index contributed by atoms with van der Waals surface area (Å²) in [6.07, 6.45) is 0. The van der Waals surface area contributed by atoms with Crippen molar-refractivity contribution in [3.8, 4) is 11.4 Å². The Morgan fingerprint density at radius 2 is 1.74 bits per heavy atom. The third-order valence-electron chi connectivity index (χ3n) is 4.58. The number of rotatable bonds is 6. The maximum absolute atomic E-state index is 13.2. The molecule has 2 aromatic carbocycles. The molecule has 140 valence electrons. The van der Waals surface area contributed by atoms with Crippen LogP contribution in [0.25, 0.3) is 11.4 Å². The van der Waals surface area contributed by atoms with E-state index in [1.165, 1.54) is 17.7 Å². The van der Waals surface area contributed by atoms with E-state index in [0.717, 1.165) is 11.3 Å². The van der Waals surface area contributed by atoms with Gasteiger partial charge in [-0.25, -0.2) is 9.37 Å². The summed E-state index contributed by atoms with van der Waals surface area (Å²) in [4.78, 5) is 20.5. The first kappa shape index (κ1) is 18.8. The van der Waals surface area contributed by atoms with E-state index in [1.807, 2.05) is 32.0 Å². The lowest BCUT2D eigenvalue weighted by molar-refractivity contribution is 0.0946. The van der Waals surface area contributed by atoms with Crippen molar-refractivity contribution in [3.63, 3.8) is 0 Å². The molecule has 0 aliphatic rings. The predicted octanol–water partition coefficient (Wildman–Crippen LogP) is 4.87. The molecule has 3 rings (SSSR count). The number of aromatic amines is 1. The van der Waals surface area contributed by atoms with Crippen LogP contribution in [0.15, 0.2) is 54.6 Å². The molecule has 3 aromatic rings. The average Bonchev–Trinajstić information content (AvgIpc) is 3.13. The fourth-order valence-electron chi connectivity index (χ4n) is 2.95. The Hall–Kier alpha value is -2.95. The summed E-state index contributed by atoms with van der Waals surface area (Å²) in [6.45, 7) is 6.61. The zero-order chi connectivity index (χ0) is 19.4. The Kier molecular flexibility index (Phi) is 5.69. The number of halogens is 1. The molecule has 0 saturated heterocycles. The zero-order valence-electron chi connectivity index (χ0n) is 15.8. The second-order valence-electron chi connectivity index (χ2n) is 7.03. The number of hydrogen-bond donors (Lipinski definition) is 2. The van der Waals surface area contributed by atoms with E-state index < -0.39 is 0 Å². The van der Waals surface area contributed by atoms with Gasteiger partial charge in [0.05, 0.1) is 5.69 Å². The third kappa shape index (κ3) is 4.42. The lowest BCUT2D eigenvalue weighted by atomic mass is 10.0. The average molecular weight is 365 g/mol. The smallest absolute Gasteiger partial charge is 0.271 e. The second-order valence-corrected chi connectivity index (χ2v) is 7.03. The van der Waals surface area contributed by atoms with Gasteiger partial charge in [0.25, 0.3) is 5.91 Å². The lowest BCUT2D eigenvalue weighted by Crippen LogP contribution is -2.28. The number of benzene rings is 2. The summed E-state index contributed by atoms with van der Waals surface area (Å²) in [5, 5.41) is 2.98. The van der Waals surface area contributed by atoms with Crippen LogP contribution in [0.4, 0.5) is 4.39 Å². The van der Waals surface area contributed by atoms with E-state index in [1.54, 1.807) is 12.1 Å². The molecule has 4 nitrogen and oxygen atoms in total. The van der Waals surface area contributed by atoms with Gasteiger partial charge in [0, 0.05) is 12.1 Å². The molecule has 0 unspecified atom stereocenters. The first-order valence-electron chi connectivity index (χ1n) is 9.14. The minimum absolute atomic E-state index is 0.110. The first-order chi connectivity index (χ1) is 13.0. The van der Waals surface area contributed by atoms with Crippen LogP contribution in [0, 0.1) is 5.82 Å². The highest BCUT2D eigenvalue weighted by atomic mass is 19.1. The van der Waals surface area contributed by atoms with Crippen LogP contribution in [-0.2, 0) is 0 Å². The molecule has 1 aromatic heterocycles. The number of hydrogen-bond acceptors (Lipinski definition) is 2. The van der Waals surface area contributed by atoms with Crippen LogP contribution < -0.4 is 5.32 Å². The van der Waals surface area contributed by atoms with Crippen LogP contribution in [0.5, 0.6) is 0 Å². The third-order valence-corrected chi connectivity index (χ3v) is 4.58. The van der Waals surface area contributed by atoms with Crippen molar-refractivity contribution in [3.05, 3.63) is 77.4 Å². The second kappa shape index (κ2) is 8.16. The van der Waals surface area contributed by atoms with Crippen molar-refractivity contribution in [1.82, 2.24) is 15.3 Å². The van der Waals surface area contributed by atoms with Gasteiger partial charge in [-0.1, -0.05) is 51.1 Å². The van der Waals surface area contributed by atoms with E-state index in [0.29, 0.717) is 18.1 Å². The van der Waals surface area contributed by atoms with E-state index in [-0.39, 0.29) is 23.6 Å². The summed E-state index contributed by atoms with van der Waals surface area (Å²) in [7, 11) is 0. The van der Waals surface area contributed by atoms with Crippen LogP contribution in [-0.4, -0.2) is 22.4 Å². The van der Waals surface area contributed by atoms with Crippen molar-refractivity contribution < 1.29 is 9.18 Å². The predicted molar refractivity (Wildman–Crippen MR) is 105 cm³/mol. The fourth-order valence-corrected chi connectivity index (χ4v) is 2.95. The Morgan fingerprint density at radius 3 is 2.37 bits per heavy atom. The number of carbonyl (C=O) groups excluding carboxylic acids is 1. The monoisotopic (exact) mass is 365 g/mol. The molecule has 5 heteroatoms. The SMILES string of the molecule is CC(C)c1[nH]c(-c2ccc(F)cc2)nc1C(=O)NC[C@@H](C)c1ccccc1. The van der Waals surface area contributed by atoms with Crippen LogP contribution in [0.1, 0.15) is 54.4 Å². The molecule has 0 aliphatic carbocycles. The first-order valence-corrected chi connectivity index (χ1v) is 9.14. The van der Waals surface area contributed by atoms with E-state index in [9.17, 15) is 9.18 Å². The molecule has 1 atom stereocenters. The number of aromatic nitrogens is 2. The van der Waals surface area contributed by atoms with Gasteiger partial charge < -0.3 is 10.3 Å². The van der Waals surface area contributed by atoms with Crippen molar-refractivity contribution >= 4 is 5.91 Å². The van der Waals surface area contributed by atoms with E-state index >= 15 is 0 Å². The lowest BCUT2D eigenvalue weighted by Gasteiger charge is -2.13. The van der Waals surface area contributed by atoms with Crippen molar-refractivity contribution in [1.29, 1.82) is 0 Å². The number of nitrogens with one attached hydrogen (secondary N) is 2. The maximum Gasteiger partial charge on any atom is 0.271 e. The Morgan fingerprint density at radius 1 is 1.07 bits per heavy atom. The van der Waals surface area contributed by atoms with Crippen LogP contribution in [0.3, 0.4) is 0 Å². The van der Waals surface area contributed by atoms with Gasteiger partial charge in [0.15, 0.2) is 0 Å². The Bertz CT molecular complexity index is 901. The van der Waals surface area contributed by atoms with E-state index in [4.69, 9.17) is 0 Å². The summed E-state index contributed by atoms with van der Waals surface area (Å²) >= 11 is 0. The van der Waals surface area contributed by atoms with Gasteiger partial charge in [-0.05, 0) is 41.7 Å². The molecule has 0 aliphatic heterocycles. The number of carbonyl (C=O) groups is 1. The largest absolute Gasteiger partial charge is 0.350 e. The standard InChI is InChI=1S/C22H24FN3O/c1-14(2)19-20(26-21(25-19)17-9-11-18(23)12-10-17)22(27)24-13-15(3)16-7-5-4-6-8-16/h4-12,14-15H,13H2,1-3H3,(H,24,27)(H,25,26)/t15-/m1/s1. The van der Waals surface area contributed by atoms with Crippen molar-refractivity contribution in [2.45, 2.75) is 32.6 Å². The number of amides is 1. The minimum Gasteiger partial charge on any atom is -0.350 e. The van der Waals surface area contributed by atoms with E-state index in [2.05, 4.69) is 34.3 Å². The summed E-state index contributed by atoms with van der Waals surface area (Å²) < 4.78 is 13.2. The molecule has 2 N–H and O–H groups in total. The van der Waals surface area contributed by atoms with Gasteiger partial charge in [0.1, 0.15) is 17.3 Å².